The first-order valence-electron chi connectivity index (χ1n) is 11.3. The van der Waals surface area contributed by atoms with Gasteiger partial charge in [-0.25, -0.2) is 0 Å². The summed E-state index contributed by atoms with van der Waals surface area (Å²) in [5.41, 5.74) is 2.57. The number of rotatable bonds is 7. The number of hydrogen-bond donors (Lipinski definition) is 0. The molecule has 0 heterocycles. The van der Waals surface area contributed by atoms with Gasteiger partial charge in [-0.05, 0) is 50.1 Å². The maximum absolute atomic E-state index is 6.26. The summed E-state index contributed by atoms with van der Waals surface area (Å²) in [6.45, 7) is 19.0. The predicted octanol–water partition coefficient (Wildman–Crippen LogP) is 7.85. The Morgan fingerprint density at radius 3 is 1.27 bits per heavy atom. The van der Waals surface area contributed by atoms with Crippen LogP contribution in [-0.4, -0.2) is 29.7 Å². The van der Waals surface area contributed by atoms with Gasteiger partial charge in [0.15, 0.2) is 0 Å². The van der Waals surface area contributed by atoms with Crippen LogP contribution >= 0.6 is 15.8 Å². The average Bonchev–Trinajstić information content (AvgIpc) is 2.65. The highest BCUT2D eigenvalue weighted by atomic mass is 31.1. The summed E-state index contributed by atoms with van der Waals surface area (Å²) in [5, 5.41) is 8.30. The summed E-state index contributed by atoms with van der Waals surface area (Å²) < 4.78 is 6.26. The van der Waals surface area contributed by atoms with Crippen LogP contribution < -0.4 is 15.3 Å². The minimum absolute atomic E-state index is 0.275. The summed E-state index contributed by atoms with van der Waals surface area (Å²) in [7, 11) is 1.31. The Balaban J connectivity index is 2.47. The SMILES string of the molecule is COc1c2c(P(C(C)C)C(C)C)cccc2cc2cccc(P(C(C)C)C(C)C)c12. The molecule has 0 aliphatic carbocycles. The standard InChI is InChI=1S/C27H38OP2/c1-17(2)29(18(3)4)23-14-10-12-21-16-22-13-11-15-24(30(19(5)6)20(7)8)26(22)27(28-9)25(21)23/h10-20H,1-9H3. The second-order valence-corrected chi connectivity index (χ2v) is 16.1. The van der Waals surface area contributed by atoms with Crippen molar-refractivity contribution in [2.75, 3.05) is 7.11 Å². The summed E-state index contributed by atoms with van der Waals surface area (Å²) in [4.78, 5) is 0. The Kier molecular flexibility index (Phi) is 7.48. The van der Waals surface area contributed by atoms with Gasteiger partial charge < -0.3 is 4.74 Å². The lowest BCUT2D eigenvalue weighted by Crippen LogP contribution is -2.18. The second kappa shape index (κ2) is 9.54. The molecule has 3 aromatic carbocycles. The van der Waals surface area contributed by atoms with E-state index in [0.29, 0.717) is 22.6 Å². The van der Waals surface area contributed by atoms with Gasteiger partial charge in [0.25, 0.3) is 0 Å². The van der Waals surface area contributed by atoms with Gasteiger partial charge in [0.05, 0.1) is 7.11 Å². The third-order valence-corrected chi connectivity index (χ3v) is 12.2. The average molecular weight is 441 g/mol. The first kappa shape index (κ1) is 23.5. The Labute approximate surface area is 186 Å². The van der Waals surface area contributed by atoms with E-state index < -0.39 is 0 Å². The lowest BCUT2D eigenvalue weighted by Gasteiger charge is -2.30. The molecule has 0 unspecified atom stereocenters. The van der Waals surface area contributed by atoms with Crippen molar-refractivity contribution in [2.24, 2.45) is 0 Å². The van der Waals surface area contributed by atoms with E-state index in [9.17, 15) is 0 Å². The zero-order valence-electron chi connectivity index (χ0n) is 20.2. The van der Waals surface area contributed by atoms with E-state index in [2.05, 4.69) is 97.9 Å². The van der Waals surface area contributed by atoms with Crippen LogP contribution in [-0.2, 0) is 0 Å². The Bertz CT molecular complexity index is 926. The van der Waals surface area contributed by atoms with Crippen LogP contribution in [0.2, 0.25) is 0 Å². The van der Waals surface area contributed by atoms with Gasteiger partial charge in [0.1, 0.15) is 5.75 Å². The van der Waals surface area contributed by atoms with E-state index in [-0.39, 0.29) is 15.8 Å². The highest BCUT2D eigenvalue weighted by Gasteiger charge is 2.26. The van der Waals surface area contributed by atoms with E-state index in [4.69, 9.17) is 4.74 Å². The molecule has 0 aromatic heterocycles. The zero-order valence-corrected chi connectivity index (χ0v) is 21.9. The molecule has 162 valence electrons. The fourth-order valence-electron chi connectivity index (χ4n) is 5.08. The number of ether oxygens (including phenoxy) is 1. The zero-order chi connectivity index (χ0) is 22.2. The van der Waals surface area contributed by atoms with Gasteiger partial charge in [0.2, 0.25) is 0 Å². The van der Waals surface area contributed by atoms with Crippen molar-refractivity contribution >= 4 is 48.0 Å². The molecule has 0 aliphatic heterocycles. The molecule has 0 bridgehead atoms. The van der Waals surface area contributed by atoms with Crippen molar-refractivity contribution < 1.29 is 4.74 Å². The molecule has 0 amide bonds. The number of methoxy groups -OCH3 is 1. The van der Waals surface area contributed by atoms with E-state index in [1.54, 1.807) is 0 Å². The normalized spacial score (nSPS) is 12.6. The number of benzene rings is 3. The van der Waals surface area contributed by atoms with Gasteiger partial charge in [-0.3, -0.25) is 0 Å². The maximum Gasteiger partial charge on any atom is 0.135 e. The van der Waals surface area contributed by atoms with Gasteiger partial charge in [-0.1, -0.05) is 108 Å². The molecule has 3 heteroatoms. The van der Waals surface area contributed by atoms with Crippen LogP contribution in [0.1, 0.15) is 55.4 Å². The number of hydrogen-bond acceptors (Lipinski definition) is 1. The second-order valence-electron chi connectivity index (χ2n) is 9.35. The first-order chi connectivity index (χ1) is 14.2. The van der Waals surface area contributed by atoms with E-state index >= 15 is 0 Å². The van der Waals surface area contributed by atoms with Crippen LogP contribution in [0, 0.1) is 0 Å². The van der Waals surface area contributed by atoms with Crippen molar-refractivity contribution in [2.45, 2.75) is 78.0 Å². The quantitative estimate of drug-likeness (QED) is 0.268. The smallest absolute Gasteiger partial charge is 0.135 e. The van der Waals surface area contributed by atoms with E-state index in [1.807, 2.05) is 7.11 Å². The first-order valence-corrected chi connectivity index (χ1v) is 14.2. The molecule has 0 spiro atoms. The maximum atomic E-state index is 6.26. The summed E-state index contributed by atoms with van der Waals surface area (Å²) in [5.74, 6) is 1.09. The summed E-state index contributed by atoms with van der Waals surface area (Å²) in [6, 6.07) is 16.1. The van der Waals surface area contributed by atoms with Crippen molar-refractivity contribution in [3.05, 3.63) is 42.5 Å². The fourth-order valence-corrected chi connectivity index (χ4v) is 11.2. The third kappa shape index (κ3) is 4.26. The summed E-state index contributed by atoms with van der Waals surface area (Å²) >= 11 is 0. The van der Waals surface area contributed by atoms with Crippen LogP contribution in [0.5, 0.6) is 5.75 Å². The van der Waals surface area contributed by atoms with Crippen LogP contribution in [0.3, 0.4) is 0 Å². The number of fused-ring (bicyclic) bond motifs is 2. The topological polar surface area (TPSA) is 9.23 Å². The Morgan fingerprint density at radius 1 is 0.600 bits per heavy atom. The molecule has 0 aliphatic rings. The van der Waals surface area contributed by atoms with E-state index in [0.717, 1.165) is 5.75 Å². The molecule has 1 nitrogen and oxygen atoms in total. The molecular formula is C27H38OP2. The predicted molar refractivity (Wildman–Crippen MR) is 142 cm³/mol. The third-order valence-electron chi connectivity index (χ3n) is 5.90. The van der Waals surface area contributed by atoms with Crippen molar-refractivity contribution in [3.8, 4) is 5.75 Å². The van der Waals surface area contributed by atoms with Crippen LogP contribution in [0.15, 0.2) is 42.5 Å². The van der Waals surface area contributed by atoms with E-state index in [1.165, 1.54) is 32.2 Å². The van der Waals surface area contributed by atoms with Crippen molar-refractivity contribution in [1.29, 1.82) is 0 Å². The van der Waals surface area contributed by atoms with Crippen LogP contribution in [0.4, 0.5) is 0 Å². The molecule has 0 saturated carbocycles. The summed E-state index contributed by atoms with van der Waals surface area (Å²) in [6.07, 6.45) is 0. The Hall–Kier alpha value is -1.16. The molecule has 0 fully saturated rings. The molecular weight excluding hydrogens is 402 g/mol. The van der Waals surface area contributed by atoms with Crippen molar-refractivity contribution in [3.63, 3.8) is 0 Å². The minimum atomic E-state index is -0.275. The molecule has 0 N–H and O–H groups in total. The van der Waals surface area contributed by atoms with Gasteiger partial charge in [-0.2, -0.15) is 0 Å². The molecule has 0 atom stereocenters. The molecule has 30 heavy (non-hydrogen) atoms. The minimum Gasteiger partial charge on any atom is -0.495 e. The molecule has 3 rings (SSSR count). The van der Waals surface area contributed by atoms with Crippen LogP contribution in [0.25, 0.3) is 21.5 Å². The lowest BCUT2D eigenvalue weighted by molar-refractivity contribution is 0.425. The Morgan fingerprint density at radius 2 is 0.967 bits per heavy atom. The molecule has 0 saturated heterocycles. The highest BCUT2D eigenvalue weighted by Crippen LogP contribution is 2.51. The monoisotopic (exact) mass is 440 g/mol. The largest absolute Gasteiger partial charge is 0.495 e. The fraction of sp³-hybridized carbons (Fsp3) is 0.481. The molecule has 0 radical (unpaired) electrons. The van der Waals surface area contributed by atoms with Crippen molar-refractivity contribution in [1.82, 2.24) is 0 Å². The molecule has 3 aromatic rings. The lowest BCUT2D eigenvalue weighted by atomic mass is 10.0. The van der Waals surface area contributed by atoms with Gasteiger partial charge in [-0.15, -0.1) is 0 Å². The van der Waals surface area contributed by atoms with Gasteiger partial charge >= 0.3 is 0 Å². The van der Waals surface area contributed by atoms with Gasteiger partial charge in [0, 0.05) is 10.8 Å². The highest BCUT2D eigenvalue weighted by molar-refractivity contribution is 7.67.